The van der Waals surface area contributed by atoms with Crippen molar-refractivity contribution in [2.75, 3.05) is 6.54 Å². The zero-order valence-corrected chi connectivity index (χ0v) is 19.7. The van der Waals surface area contributed by atoms with Crippen molar-refractivity contribution >= 4 is 26.9 Å². The lowest BCUT2D eigenvalue weighted by Gasteiger charge is -2.22. The summed E-state index contributed by atoms with van der Waals surface area (Å²) in [5, 5.41) is 12.4. The molecule has 35 heavy (non-hydrogen) atoms. The van der Waals surface area contributed by atoms with Gasteiger partial charge in [0.15, 0.2) is 0 Å². The van der Waals surface area contributed by atoms with Gasteiger partial charge in [0.1, 0.15) is 11.6 Å². The summed E-state index contributed by atoms with van der Waals surface area (Å²) in [5.41, 5.74) is 4.01. The first-order valence-electron chi connectivity index (χ1n) is 11.3. The molecular weight excluding hydrogens is 462 g/mol. The van der Waals surface area contributed by atoms with Crippen LogP contribution >= 0.6 is 0 Å². The van der Waals surface area contributed by atoms with Crippen LogP contribution in [0.1, 0.15) is 24.0 Å². The van der Waals surface area contributed by atoms with Crippen molar-refractivity contribution in [1.82, 2.24) is 9.62 Å². The summed E-state index contributed by atoms with van der Waals surface area (Å²) in [6, 6.07) is 25.0. The van der Waals surface area contributed by atoms with E-state index in [-0.39, 0.29) is 17.5 Å². The van der Waals surface area contributed by atoms with Crippen LogP contribution < -0.4 is 5.32 Å². The molecule has 1 fully saturated rings. The highest BCUT2D eigenvalue weighted by atomic mass is 32.2. The smallest absolute Gasteiger partial charge is 0.277 e. The monoisotopic (exact) mass is 485 g/mol. The highest BCUT2D eigenvalue weighted by Crippen LogP contribution is 2.30. The fourth-order valence-electron chi connectivity index (χ4n) is 4.35. The average Bonchev–Trinajstić information content (AvgIpc) is 3.56. The first-order valence-corrected chi connectivity index (χ1v) is 12.8. The molecule has 1 aliphatic heterocycles. The van der Waals surface area contributed by atoms with Crippen molar-refractivity contribution in [1.29, 1.82) is 5.26 Å². The minimum absolute atomic E-state index is 0.142. The van der Waals surface area contributed by atoms with Gasteiger partial charge in [-0.25, -0.2) is 8.42 Å². The molecule has 1 aromatic heterocycles. The molecule has 2 heterocycles. The number of hydrogen-bond acceptors (Lipinski definition) is 5. The maximum Gasteiger partial charge on any atom is 0.277 e. The lowest BCUT2D eigenvalue weighted by molar-refractivity contribution is -0.124. The maximum atomic E-state index is 13.2. The minimum Gasteiger partial charge on any atom is -0.443 e. The number of furan rings is 1. The van der Waals surface area contributed by atoms with E-state index < -0.39 is 16.1 Å². The fourth-order valence-corrected chi connectivity index (χ4v) is 5.96. The van der Waals surface area contributed by atoms with Crippen molar-refractivity contribution in [2.24, 2.45) is 0 Å². The van der Waals surface area contributed by atoms with Gasteiger partial charge in [-0.15, -0.1) is 0 Å². The van der Waals surface area contributed by atoms with Crippen LogP contribution in [0.3, 0.4) is 0 Å². The van der Waals surface area contributed by atoms with Gasteiger partial charge in [-0.1, -0.05) is 54.6 Å². The predicted molar refractivity (Wildman–Crippen MR) is 132 cm³/mol. The van der Waals surface area contributed by atoms with Crippen molar-refractivity contribution in [3.8, 4) is 17.2 Å². The lowest BCUT2D eigenvalue weighted by atomic mass is 10.0. The van der Waals surface area contributed by atoms with E-state index in [0.717, 1.165) is 16.7 Å². The standard InChI is InChI=1S/C27H23N3O4S/c28-17-19-7-11-21(12-8-19)22-13-9-20(10-14-22)18-29-27(31)24-5-3-15-30(24)35(32,33)26-16-23-4-1-2-6-25(23)34-26/h1-2,4,6-14,16,24H,3,5,15,18H2,(H,29,31)/t24-/m0/s1. The summed E-state index contributed by atoms with van der Waals surface area (Å²) in [5.74, 6) is -0.321. The highest BCUT2D eigenvalue weighted by molar-refractivity contribution is 7.89. The second-order valence-electron chi connectivity index (χ2n) is 8.48. The third-order valence-corrected chi connectivity index (χ3v) is 8.00. The number of carbonyl (C=O) groups excluding carboxylic acids is 1. The van der Waals surface area contributed by atoms with Gasteiger partial charge in [0.05, 0.1) is 11.6 Å². The number of sulfonamides is 1. The molecule has 8 heteroatoms. The predicted octanol–water partition coefficient (Wildman–Crippen LogP) is 4.44. The van der Waals surface area contributed by atoms with Gasteiger partial charge in [-0.2, -0.15) is 9.57 Å². The lowest BCUT2D eigenvalue weighted by Crippen LogP contribution is -2.45. The highest BCUT2D eigenvalue weighted by Gasteiger charge is 2.41. The van der Waals surface area contributed by atoms with E-state index in [0.29, 0.717) is 35.9 Å². The molecule has 0 bridgehead atoms. The normalized spacial score (nSPS) is 16.3. The molecule has 1 N–H and O–H groups in total. The topological polar surface area (TPSA) is 103 Å². The van der Waals surface area contributed by atoms with Crippen molar-refractivity contribution in [2.45, 2.75) is 30.5 Å². The number of fused-ring (bicyclic) bond motifs is 1. The Morgan fingerprint density at radius 1 is 1.03 bits per heavy atom. The molecule has 0 spiro atoms. The maximum absolute atomic E-state index is 13.2. The molecule has 0 saturated carbocycles. The van der Waals surface area contributed by atoms with Gasteiger partial charge in [0.2, 0.25) is 11.0 Å². The zero-order valence-electron chi connectivity index (χ0n) is 18.8. The Balaban J connectivity index is 1.25. The largest absolute Gasteiger partial charge is 0.443 e. The van der Waals surface area contributed by atoms with Gasteiger partial charge in [0, 0.05) is 24.5 Å². The van der Waals surface area contributed by atoms with Crippen LogP contribution in [-0.4, -0.2) is 31.2 Å². The number of nitrogens with one attached hydrogen (secondary N) is 1. The van der Waals surface area contributed by atoms with Gasteiger partial charge >= 0.3 is 0 Å². The molecule has 7 nitrogen and oxygen atoms in total. The summed E-state index contributed by atoms with van der Waals surface area (Å²) in [6.45, 7) is 0.568. The summed E-state index contributed by atoms with van der Waals surface area (Å²) in [7, 11) is -3.93. The number of para-hydroxylation sites is 1. The quantitative estimate of drug-likeness (QED) is 0.435. The molecule has 1 aliphatic rings. The minimum atomic E-state index is -3.93. The van der Waals surface area contributed by atoms with E-state index in [1.165, 1.54) is 10.4 Å². The van der Waals surface area contributed by atoms with Crippen molar-refractivity contribution in [3.63, 3.8) is 0 Å². The van der Waals surface area contributed by atoms with E-state index >= 15 is 0 Å². The number of amides is 1. The number of nitriles is 1. The average molecular weight is 486 g/mol. The first-order chi connectivity index (χ1) is 17.0. The summed E-state index contributed by atoms with van der Waals surface area (Å²) in [6.07, 6.45) is 1.07. The second kappa shape index (κ2) is 9.37. The summed E-state index contributed by atoms with van der Waals surface area (Å²) >= 11 is 0. The van der Waals surface area contributed by atoms with E-state index in [9.17, 15) is 13.2 Å². The Morgan fingerprint density at radius 3 is 2.40 bits per heavy atom. The Kier molecular flexibility index (Phi) is 6.12. The molecule has 0 radical (unpaired) electrons. The van der Waals surface area contributed by atoms with Crippen LogP contribution in [0.5, 0.6) is 0 Å². The van der Waals surface area contributed by atoms with E-state index in [4.69, 9.17) is 9.68 Å². The molecule has 5 rings (SSSR count). The van der Waals surface area contributed by atoms with Gasteiger partial charge < -0.3 is 9.73 Å². The number of nitrogens with zero attached hydrogens (tertiary/aromatic N) is 2. The molecule has 4 aromatic rings. The van der Waals surface area contributed by atoms with Crippen LogP contribution in [0.15, 0.2) is 88.4 Å². The number of benzene rings is 3. The van der Waals surface area contributed by atoms with Crippen LogP contribution in [-0.2, 0) is 21.4 Å². The molecule has 0 unspecified atom stereocenters. The van der Waals surface area contributed by atoms with Crippen LogP contribution in [0.25, 0.3) is 22.1 Å². The van der Waals surface area contributed by atoms with Gasteiger partial charge in [-0.05, 0) is 47.7 Å². The Hall–Kier alpha value is -3.93. The van der Waals surface area contributed by atoms with E-state index in [1.807, 2.05) is 42.5 Å². The molecule has 1 atom stereocenters. The molecular formula is C27H23N3O4S. The SMILES string of the molecule is N#Cc1ccc(-c2ccc(CNC(=O)[C@@H]3CCCN3S(=O)(=O)c3cc4ccccc4o3)cc2)cc1. The van der Waals surface area contributed by atoms with Crippen LogP contribution in [0, 0.1) is 11.3 Å². The Morgan fingerprint density at radius 2 is 1.71 bits per heavy atom. The molecule has 0 aliphatic carbocycles. The first kappa shape index (κ1) is 22.8. The van der Waals surface area contributed by atoms with Gasteiger partial charge in [0.25, 0.3) is 10.0 Å². The number of rotatable bonds is 6. The number of carbonyl (C=O) groups is 1. The van der Waals surface area contributed by atoms with Crippen LogP contribution in [0.2, 0.25) is 0 Å². The third-order valence-electron chi connectivity index (χ3n) is 6.24. The summed E-state index contributed by atoms with van der Waals surface area (Å²) < 4.78 is 33.3. The zero-order chi connectivity index (χ0) is 24.4. The Labute approximate surface area is 203 Å². The van der Waals surface area contributed by atoms with E-state index in [1.54, 1.807) is 30.3 Å². The van der Waals surface area contributed by atoms with Crippen molar-refractivity contribution in [3.05, 3.63) is 90.0 Å². The Bertz CT molecular complexity index is 1480. The van der Waals surface area contributed by atoms with Crippen molar-refractivity contribution < 1.29 is 17.6 Å². The third kappa shape index (κ3) is 4.56. The van der Waals surface area contributed by atoms with E-state index in [2.05, 4.69) is 11.4 Å². The number of hydrogen-bond donors (Lipinski definition) is 1. The van der Waals surface area contributed by atoms with Crippen LogP contribution in [0.4, 0.5) is 0 Å². The molecule has 1 amide bonds. The molecule has 3 aromatic carbocycles. The molecule has 1 saturated heterocycles. The second-order valence-corrected chi connectivity index (χ2v) is 10.3. The molecule has 176 valence electrons. The summed E-state index contributed by atoms with van der Waals surface area (Å²) in [4.78, 5) is 13.0. The fraction of sp³-hybridized carbons (Fsp3) is 0.185. The van der Waals surface area contributed by atoms with Gasteiger partial charge in [-0.3, -0.25) is 4.79 Å².